The molecular formula is C15H18ClN7O2S. The molecule has 0 aliphatic carbocycles. The fourth-order valence-corrected chi connectivity index (χ4v) is 4.29. The molecule has 4 heterocycles. The number of aromatic amines is 1. The van der Waals surface area contributed by atoms with Crippen molar-refractivity contribution in [2.75, 3.05) is 24.7 Å². The molecule has 0 radical (unpaired) electrons. The number of hydrogen-bond donors (Lipinski definition) is 2. The monoisotopic (exact) mass is 395 g/mol. The van der Waals surface area contributed by atoms with Crippen molar-refractivity contribution >= 4 is 33.2 Å². The molecule has 26 heavy (non-hydrogen) atoms. The van der Waals surface area contributed by atoms with Crippen LogP contribution in [0.15, 0.2) is 24.7 Å². The molecule has 0 unspecified atom stereocenters. The fraction of sp³-hybridized carbons (Fsp3) is 0.400. The molecule has 1 aliphatic rings. The van der Waals surface area contributed by atoms with Gasteiger partial charge in [0.15, 0.2) is 5.65 Å². The van der Waals surface area contributed by atoms with Crippen LogP contribution in [-0.4, -0.2) is 62.9 Å². The zero-order valence-electron chi connectivity index (χ0n) is 14.1. The molecule has 1 aliphatic heterocycles. The Bertz CT molecular complexity index is 1020. The smallest absolute Gasteiger partial charge is 0.243 e. The van der Waals surface area contributed by atoms with Gasteiger partial charge in [-0.3, -0.25) is 5.10 Å². The van der Waals surface area contributed by atoms with Crippen molar-refractivity contribution in [1.82, 2.24) is 29.1 Å². The Kier molecular flexibility index (Phi) is 4.33. The molecule has 0 saturated carbocycles. The number of H-pyrrole nitrogens is 1. The van der Waals surface area contributed by atoms with E-state index in [0.29, 0.717) is 42.5 Å². The number of nitrogens with one attached hydrogen (secondary N) is 2. The minimum absolute atomic E-state index is 0.123. The van der Waals surface area contributed by atoms with E-state index < -0.39 is 10.0 Å². The van der Waals surface area contributed by atoms with E-state index in [-0.39, 0.29) is 6.04 Å². The zero-order valence-corrected chi connectivity index (χ0v) is 15.6. The van der Waals surface area contributed by atoms with Gasteiger partial charge in [-0.05, 0) is 18.9 Å². The van der Waals surface area contributed by atoms with Crippen LogP contribution < -0.4 is 5.32 Å². The quantitative estimate of drug-likeness (QED) is 0.694. The lowest BCUT2D eigenvalue weighted by atomic mass is 10.1. The van der Waals surface area contributed by atoms with Gasteiger partial charge in [-0.2, -0.15) is 10.1 Å². The Hall–Kier alpha value is -2.17. The van der Waals surface area contributed by atoms with E-state index >= 15 is 0 Å². The molecule has 0 aromatic carbocycles. The van der Waals surface area contributed by atoms with E-state index in [1.54, 1.807) is 23.1 Å². The van der Waals surface area contributed by atoms with Crippen LogP contribution in [0.3, 0.4) is 0 Å². The number of hydrogen-bond acceptors (Lipinski definition) is 6. The van der Waals surface area contributed by atoms with Crippen molar-refractivity contribution in [3.05, 3.63) is 29.7 Å². The third-order valence-electron chi connectivity index (χ3n) is 4.51. The standard InChI is InChI=1S/C15H18ClN7O2S/c1-26(24,25)22-5-2-11(3-6-22)19-15-20-14-13(16)12(4-7-23(14)21-15)10-8-17-18-9-10/h4,7-9,11H,2-3,5-6H2,1H3,(H,17,18)(H,19,21). The lowest BCUT2D eigenvalue weighted by Gasteiger charge is -2.30. The molecule has 0 spiro atoms. The van der Waals surface area contributed by atoms with Crippen LogP contribution in [0.25, 0.3) is 16.8 Å². The first-order valence-electron chi connectivity index (χ1n) is 8.17. The van der Waals surface area contributed by atoms with Gasteiger partial charge in [-0.15, -0.1) is 5.10 Å². The molecule has 2 N–H and O–H groups in total. The number of halogens is 1. The van der Waals surface area contributed by atoms with Gasteiger partial charge in [0.25, 0.3) is 0 Å². The highest BCUT2D eigenvalue weighted by Crippen LogP contribution is 2.30. The summed E-state index contributed by atoms with van der Waals surface area (Å²) in [4.78, 5) is 4.49. The van der Waals surface area contributed by atoms with E-state index in [9.17, 15) is 8.42 Å². The Morgan fingerprint density at radius 1 is 1.35 bits per heavy atom. The normalized spacial score (nSPS) is 17.0. The van der Waals surface area contributed by atoms with E-state index in [4.69, 9.17) is 11.6 Å². The topological polar surface area (TPSA) is 108 Å². The molecule has 11 heteroatoms. The maximum absolute atomic E-state index is 11.6. The molecule has 9 nitrogen and oxygen atoms in total. The first-order chi connectivity index (χ1) is 12.4. The van der Waals surface area contributed by atoms with Crippen LogP contribution in [0.4, 0.5) is 5.95 Å². The summed E-state index contributed by atoms with van der Waals surface area (Å²) in [6, 6.07) is 1.99. The van der Waals surface area contributed by atoms with Gasteiger partial charge < -0.3 is 5.32 Å². The van der Waals surface area contributed by atoms with Crippen LogP contribution in [0.5, 0.6) is 0 Å². The Morgan fingerprint density at radius 2 is 2.12 bits per heavy atom. The second-order valence-corrected chi connectivity index (χ2v) is 8.68. The number of anilines is 1. The lowest BCUT2D eigenvalue weighted by molar-refractivity contribution is 0.331. The average Bonchev–Trinajstić information content (AvgIpc) is 3.25. The van der Waals surface area contributed by atoms with Gasteiger partial charge in [0.05, 0.1) is 17.5 Å². The summed E-state index contributed by atoms with van der Waals surface area (Å²) in [6.07, 6.45) is 7.91. The maximum Gasteiger partial charge on any atom is 0.243 e. The highest BCUT2D eigenvalue weighted by molar-refractivity contribution is 7.88. The van der Waals surface area contributed by atoms with Gasteiger partial charge in [0, 0.05) is 42.7 Å². The molecule has 3 aromatic heterocycles. The minimum Gasteiger partial charge on any atom is -0.350 e. The Morgan fingerprint density at radius 3 is 2.77 bits per heavy atom. The molecular weight excluding hydrogens is 378 g/mol. The van der Waals surface area contributed by atoms with E-state index in [0.717, 1.165) is 11.1 Å². The molecule has 1 fully saturated rings. The van der Waals surface area contributed by atoms with Gasteiger partial charge in [0.2, 0.25) is 16.0 Å². The number of rotatable bonds is 4. The molecule has 138 valence electrons. The van der Waals surface area contributed by atoms with Gasteiger partial charge in [-0.25, -0.2) is 17.2 Å². The minimum atomic E-state index is -3.13. The van der Waals surface area contributed by atoms with Crippen molar-refractivity contribution in [2.45, 2.75) is 18.9 Å². The predicted octanol–water partition coefficient (Wildman–Crippen LogP) is 1.61. The van der Waals surface area contributed by atoms with Crippen molar-refractivity contribution < 1.29 is 8.42 Å². The number of sulfonamides is 1. The molecule has 0 atom stereocenters. The second kappa shape index (κ2) is 6.53. The van der Waals surface area contributed by atoms with Crippen molar-refractivity contribution in [1.29, 1.82) is 0 Å². The molecule has 3 aromatic rings. The highest BCUT2D eigenvalue weighted by atomic mass is 35.5. The van der Waals surface area contributed by atoms with Crippen molar-refractivity contribution in [2.24, 2.45) is 0 Å². The van der Waals surface area contributed by atoms with Crippen LogP contribution in [0, 0.1) is 0 Å². The van der Waals surface area contributed by atoms with E-state index in [2.05, 4.69) is 25.6 Å². The number of nitrogens with zero attached hydrogens (tertiary/aromatic N) is 5. The summed E-state index contributed by atoms with van der Waals surface area (Å²) in [6.45, 7) is 0.991. The summed E-state index contributed by atoms with van der Waals surface area (Å²) in [5.41, 5.74) is 2.26. The average molecular weight is 396 g/mol. The SMILES string of the molecule is CS(=O)(=O)N1CCC(Nc2nc3c(Cl)c(-c4cn[nH]c4)ccn3n2)CC1. The first-order valence-corrected chi connectivity index (χ1v) is 10.4. The number of piperidine rings is 1. The van der Waals surface area contributed by atoms with Gasteiger partial charge >= 0.3 is 0 Å². The van der Waals surface area contributed by atoms with Crippen molar-refractivity contribution in [3.8, 4) is 11.1 Å². The Balaban J connectivity index is 1.53. The summed E-state index contributed by atoms with van der Waals surface area (Å²) in [5, 5.41) is 14.9. The van der Waals surface area contributed by atoms with Gasteiger partial charge in [-0.1, -0.05) is 11.6 Å². The van der Waals surface area contributed by atoms with Gasteiger partial charge in [0.1, 0.15) is 0 Å². The summed E-state index contributed by atoms with van der Waals surface area (Å²) < 4.78 is 26.3. The molecule has 0 bridgehead atoms. The second-order valence-electron chi connectivity index (χ2n) is 6.31. The third-order valence-corrected chi connectivity index (χ3v) is 6.19. The third kappa shape index (κ3) is 3.27. The van der Waals surface area contributed by atoms with Crippen LogP contribution >= 0.6 is 11.6 Å². The first kappa shape index (κ1) is 17.3. The number of pyridine rings is 1. The van der Waals surface area contributed by atoms with E-state index in [1.807, 2.05) is 6.07 Å². The van der Waals surface area contributed by atoms with Crippen LogP contribution in [0.1, 0.15) is 12.8 Å². The summed E-state index contributed by atoms with van der Waals surface area (Å²) in [5.74, 6) is 0.481. The largest absolute Gasteiger partial charge is 0.350 e. The number of fused-ring (bicyclic) bond motifs is 1. The zero-order chi connectivity index (χ0) is 18.3. The number of aromatic nitrogens is 5. The van der Waals surface area contributed by atoms with Crippen LogP contribution in [-0.2, 0) is 10.0 Å². The fourth-order valence-electron chi connectivity index (χ4n) is 3.11. The Labute approximate surface area is 155 Å². The van der Waals surface area contributed by atoms with Crippen molar-refractivity contribution in [3.63, 3.8) is 0 Å². The van der Waals surface area contributed by atoms with Crippen LogP contribution in [0.2, 0.25) is 5.02 Å². The molecule has 1 saturated heterocycles. The maximum atomic E-state index is 11.6. The summed E-state index contributed by atoms with van der Waals surface area (Å²) >= 11 is 6.49. The highest BCUT2D eigenvalue weighted by Gasteiger charge is 2.25. The lowest BCUT2D eigenvalue weighted by Crippen LogP contribution is -2.41. The summed E-state index contributed by atoms with van der Waals surface area (Å²) in [7, 11) is -3.13. The molecule has 4 rings (SSSR count). The molecule has 0 amide bonds. The van der Waals surface area contributed by atoms with E-state index in [1.165, 1.54) is 10.6 Å². The predicted molar refractivity (Wildman–Crippen MR) is 98.6 cm³/mol.